The molecule has 1 aliphatic heterocycles. The Labute approximate surface area is 175 Å². The summed E-state index contributed by atoms with van der Waals surface area (Å²) in [5, 5.41) is 6.61. The van der Waals surface area contributed by atoms with Crippen LogP contribution in [0.2, 0.25) is 0 Å². The van der Waals surface area contributed by atoms with E-state index in [0.29, 0.717) is 32.0 Å². The summed E-state index contributed by atoms with van der Waals surface area (Å²) in [5.74, 6) is 0.0583. The number of rotatable bonds is 7. The Bertz CT molecular complexity index is 627. The van der Waals surface area contributed by atoms with Crippen LogP contribution in [-0.4, -0.2) is 41.9 Å². The second-order valence-corrected chi connectivity index (χ2v) is 8.00. The van der Waals surface area contributed by atoms with Crippen molar-refractivity contribution in [2.45, 2.75) is 76.9 Å². The maximum absolute atomic E-state index is 12.6. The van der Waals surface area contributed by atoms with Gasteiger partial charge >= 0.3 is 0 Å². The fraction of sp³-hybridized carbons (Fsp3) is 0.636. The van der Waals surface area contributed by atoms with Crippen LogP contribution in [0.15, 0.2) is 24.3 Å². The van der Waals surface area contributed by atoms with Gasteiger partial charge < -0.3 is 15.5 Å². The molecule has 1 atom stereocenters. The summed E-state index contributed by atoms with van der Waals surface area (Å²) in [6.45, 7) is 3.98. The first kappa shape index (κ1) is 22.7. The number of hydrogen-bond donors (Lipinski definition) is 2. The predicted octanol–water partition coefficient (Wildman–Crippen LogP) is 3.34. The summed E-state index contributed by atoms with van der Waals surface area (Å²) < 4.78 is 0. The average molecular weight is 408 g/mol. The summed E-state index contributed by atoms with van der Waals surface area (Å²) in [5.41, 5.74) is 2.27. The maximum atomic E-state index is 12.6. The number of hydrogen-bond acceptors (Lipinski definition) is 3. The van der Waals surface area contributed by atoms with E-state index in [1.165, 1.54) is 44.1 Å². The molecular formula is C22H34ClN3O2. The lowest BCUT2D eigenvalue weighted by atomic mass is 10.1. The third-order valence-electron chi connectivity index (χ3n) is 5.82. The molecule has 0 radical (unpaired) electrons. The molecule has 2 N–H and O–H groups in total. The summed E-state index contributed by atoms with van der Waals surface area (Å²) in [6, 6.07) is 8.42. The third kappa shape index (κ3) is 6.49. The van der Waals surface area contributed by atoms with Crippen LogP contribution in [0.3, 0.4) is 0 Å². The second-order valence-electron chi connectivity index (χ2n) is 8.00. The quantitative estimate of drug-likeness (QED) is 0.538. The minimum absolute atomic E-state index is 0. The van der Waals surface area contributed by atoms with Gasteiger partial charge in [-0.1, -0.05) is 55.5 Å². The molecule has 3 rings (SSSR count). The summed E-state index contributed by atoms with van der Waals surface area (Å²) in [6.07, 6.45) is 8.88. The summed E-state index contributed by atoms with van der Waals surface area (Å²) >= 11 is 0. The lowest BCUT2D eigenvalue weighted by Gasteiger charge is -2.24. The van der Waals surface area contributed by atoms with Crippen molar-refractivity contribution < 1.29 is 9.59 Å². The van der Waals surface area contributed by atoms with Crippen LogP contribution in [-0.2, 0) is 16.1 Å². The lowest BCUT2D eigenvalue weighted by Crippen LogP contribution is -2.46. The van der Waals surface area contributed by atoms with Crippen LogP contribution in [0, 0.1) is 6.92 Å². The van der Waals surface area contributed by atoms with Gasteiger partial charge in [0, 0.05) is 32.1 Å². The molecule has 2 aliphatic rings. The van der Waals surface area contributed by atoms with E-state index >= 15 is 0 Å². The van der Waals surface area contributed by atoms with Crippen molar-refractivity contribution in [2.75, 3.05) is 13.1 Å². The number of halogens is 1. The molecule has 0 bridgehead atoms. The van der Waals surface area contributed by atoms with E-state index in [1.807, 2.05) is 31.2 Å². The number of carbonyl (C=O) groups is 2. The summed E-state index contributed by atoms with van der Waals surface area (Å²) in [7, 11) is 0. The standard InChI is InChI=1S/C22H33N3O2.ClH/c1-17-8-10-18(11-9-17)16-25-20(12-13-21(25)26)22(27)24-15-14-23-19-6-4-2-3-5-7-19;/h8-11,19-20,23H,2-7,12-16H2,1H3,(H,24,27);1H. The largest absolute Gasteiger partial charge is 0.353 e. The zero-order valence-corrected chi connectivity index (χ0v) is 17.7. The minimum atomic E-state index is -0.336. The number of carbonyl (C=O) groups excluding carboxylic acids is 2. The highest BCUT2D eigenvalue weighted by Crippen LogP contribution is 2.22. The van der Waals surface area contributed by atoms with Crippen LogP contribution >= 0.6 is 12.4 Å². The zero-order chi connectivity index (χ0) is 19.1. The molecule has 2 amide bonds. The number of amides is 2. The van der Waals surface area contributed by atoms with Crippen molar-refractivity contribution in [1.82, 2.24) is 15.5 Å². The first-order chi connectivity index (χ1) is 13.1. The Kier molecular flexibility index (Phi) is 9.26. The van der Waals surface area contributed by atoms with E-state index in [1.54, 1.807) is 4.90 Å². The van der Waals surface area contributed by atoms with Crippen molar-refractivity contribution in [3.63, 3.8) is 0 Å². The molecule has 2 fully saturated rings. The monoisotopic (exact) mass is 407 g/mol. The van der Waals surface area contributed by atoms with Crippen molar-refractivity contribution in [2.24, 2.45) is 0 Å². The summed E-state index contributed by atoms with van der Waals surface area (Å²) in [4.78, 5) is 26.6. The van der Waals surface area contributed by atoms with Crippen molar-refractivity contribution in [1.29, 1.82) is 0 Å². The van der Waals surface area contributed by atoms with Crippen LogP contribution < -0.4 is 10.6 Å². The van der Waals surface area contributed by atoms with Gasteiger partial charge in [0.25, 0.3) is 0 Å². The van der Waals surface area contributed by atoms with Crippen LogP contribution in [0.4, 0.5) is 0 Å². The average Bonchev–Trinajstić information content (AvgIpc) is 2.86. The fourth-order valence-corrected chi connectivity index (χ4v) is 4.16. The van der Waals surface area contributed by atoms with Crippen molar-refractivity contribution in [3.8, 4) is 0 Å². The van der Waals surface area contributed by atoms with Crippen LogP contribution in [0.25, 0.3) is 0 Å². The Morgan fingerprint density at radius 1 is 1.04 bits per heavy atom. The SMILES string of the molecule is Cc1ccc(CN2C(=O)CCC2C(=O)NCCNC2CCCCCC2)cc1.Cl. The Hall–Kier alpha value is -1.59. The molecule has 1 saturated carbocycles. The van der Waals surface area contributed by atoms with Crippen molar-refractivity contribution in [3.05, 3.63) is 35.4 Å². The third-order valence-corrected chi connectivity index (χ3v) is 5.82. The van der Waals surface area contributed by atoms with Gasteiger partial charge in [-0.15, -0.1) is 12.4 Å². The molecule has 0 aromatic heterocycles. The highest BCUT2D eigenvalue weighted by Gasteiger charge is 2.35. The van der Waals surface area contributed by atoms with Gasteiger partial charge in [0.1, 0.15) is 6.04 Å². The van der Waals surface area contributed by atoms with Crippen LogP contribution in [0.1, 0.15) is 62.5 Å². The molecule has 5 nitrogen and oxygen atoms in total. The Balaban J connectivity index is 0.00000280. The molecular weight excluding hydrogens is 374 g/mol. The van der Waals surface area contributed by atoms with E-state index < -0.39 is 0 Å². The van der Waals surface area contributed by atoms with Gasteiger partial charge in [-0.05, 0) is 31.7 Å². The second kappa shape index (κ2) is 11.4. The van der Waals surface area contributed by atoms with E-state index in [9.17, 15) is 9.59 Å². The smallest absolute Gasteiger partial charge is 0.242 e. The number of nitrogens with one attached hydrogen (secondary N) is 2. The minimum Gasteiger partial charge on any atom is -0.353 e. The lowest BCUT2D eigenvalue weighted by molar-refractivity contribution is -0.135. The van der Waals surface area contributed by atoms with Crippen molar-refractivity contribution >= 4 is 24.2 Å². The molecule has 1 saturated heterocycles. The fourth-order valence-electron chi connectivity index (χ4n) is 4.16. The Morgan fingerprint density at radius 3 is 2.39 bits per heavy atom. The molecule has 28 heavy (non-hydrogen) atoms. The van der Waals surface area contributed by atoms with Gasteiger partial charge in [-0.2, -0.15) is 0 Å². The van der Waals surface area contributed by atoms with E-state index in [4.69, 9.17) is 0 Å². The zero-order valence-electron chi connectivity index (χ0n) is 16.9. The molecule has 156 valence electrons. The molecule has 1 aliphatic carbocycles. The Morgan fingerprint density at radius 2 is 1.71 bits per heavy atom. The molecule has 6 heteroatoms. The highest BCUT2D eigenvalue weighted by atomic mass is 35.5. The van der Waals surface area contributed by atoms with E-state index in [0.717, 1.165) is 12.1 Å². The predicted molar refractivity (Wildman–Crippen MR) is 115 cm³/mol. The molecule has 1 aromatic carbocycles. The normalized spacial score (nSPS) is 20.5. The molecule has 0 spiro atoms. The van der Waals surface area contributed by atoms with E-state index in [-0.39, 0.29) is 30.3 Å². The number of aryl methyl sites for hydroxylation is 1. The first-order valence-corrected chi connectivity index (χ1v) is 10.5. The van der Waals surface area contributed by atoms with Gasteiger partial charge in [0.15, 0.2) is 0 Å². The van der Waals surface area contributed by atoms with E-state index in [2.05, 4.69) is 10.6 Å². The number of benzene rings is 1. The first-order valence-electron chi connectivity index (χ1n) is 10.5. The highest BCUT2D eigenvalue weighted by molar-refractivity contribution is 5.90. The number of likely N-dealkylation sites (tertiary alicyclic amines) is 1. The van der Waals surface area contributed by atoms with Crippen LogP contribution in [0.5, 0.6) is 0 Å². The number of nitrogens with zero attached hydrogens (tertiary/aromatic N) is 1. The molecule has 1 aromatic rings. The maximum Gasteiger partial charge on any atom is 0.242 e. The van der Waals surface area contributed by atoms with Gasteiger partial charge in [-0.25, -0.2) is 0 Å². The van der Waals surface area contributed by atoms with Gasteiger partial charge in [0.05, 0.1) is 0 Å². The molecule has 1 unspecified atom stereocenters. The topological polar surface area (TPSA) is 61.4 Å². The molecule has 1 heterocycles. The van der Waals surface area contributed by atoms with Gasteiger partial charge in [0.2, 0.25) is 11.8 Å². The van der Waals surface area contributed by atoms with Gasteiger partial charge in [-0.3, -0.25) is 9.59 Å².